The second-order valence-corrected chi connectivity index (χ2v) is 6.71. The lowest BCUT2D eigenvalue weighted by Gasteiger charge is -2.26. The van der Waals surface area contributed by atoms with Crippen LogP contribution < -0.4 is 4.74 Å². The number of carbonyl (C=O) groups excluding carboxylic acids is 2. The van der Waals surface area contributed by atoms with Crippen molar-refractivity contribution in [1.82, 2.24) is 4.90 Å². The monoisotopic (exact) mass is 349 g/mol. The van der Waals surface area contributed by atoms with Crippen LogP contribution in [-0.4, -0.2) is 43.6 Å². The van der Waals surface area contributed by atoms with Gasteiger partial charge >= 0.3 is 5.97 Å². The van der Waals surface area contributed by atoms with Crippen LogP contribution in [0.4, 0.5) is 0 Å². The van der Waals surface area contributed by atoms with Crippen LogP contribution in [0.1, 0.15) is 40.0 Å². The Hall–Kier alpha value is -2.04. The van der Waals surface area contributed by atoms with Crippen LogP contribution in [0.3, 0.4) is 0 Å². The summed E-state index contributed by atoms with van der Waals surface area (Å²) < 4.78 is 10.4. The van der Waals surface area contributed by atoms with E-state index in [1.54, 1.807) is 11.8 Å². The zero-order valence-electron chi connectivity index (χ0n) is 15.9. The van der Waals surface area contributed by atoms with Crippen molar-refractivity contribution in [2.45, 2.75) is 40.0 Å². The fraction of sp³-hybridized carbons (Fsp3) is 0.600. The molecule has 140 valence electrons. The number of esters is 1. The highest BCUT2D eigenvalue weighted by Gasteiger charge is 2.21. The third-order valence-corrected chi connectivity index (χ3v) is 3.97. The van der Waals surface area contributed by atoms with Gasteiger partial charge in [0.1, 0.15) is 5.75 Å². The van der Waals surface area contributed by atoms with Crippen molar-refractivity contribution in [2.24, 2.45) is 11.8 Å². The number of amides is 1. The minimum Gasteiger partial charge on any atom is -0.494 e. The summed E-state index contributed by atoms with van der Waals surface area (Å²) in [6.07, 6.45) is 1.98. The Labute approximate surface area is 151 Å². The van der Waals surface area contributed by atoms with Crippen LogP contribution in [0.5, 0.6) is 5.75 Å². The molecule has 0 saturated carbocycles. The number of hydrogen-bond donors (Lipinski definition) is 0. The van der Waals surface area contributed by atoms with E-state index in [0.717, 1.165) is 12.2 Å². The van der Waals surface area contributed by atoms with E-state index in [2.05, 4.69) is 13.8 Å². The van der Waals surface area contributed by atoms with E-state index >= 15 is 0 Å². The van der Waals surface area contributed by atoms with Gasteiger partial charge in [-0.15, -0.1) is 0 Å². The van der Waals surface area contributed by atoms with Gasteiger partial charge in [0.2, 0.25) is 5.91 Å². The molecule has 0 fully saturated rings. The SMILES string of the molecule is COC(=O)C(C)CN(CCC(C)C)C(=O)CCCOc1ccccc1. The Kier molecular flexibility index (Phi) is 9.66. The molecule has 25 heavy (non-hydrogen) atoms. The van der Waals surface area contributed by atoms with E-state index in [-0.39, 0.29) is 17.8 Å². The summed E-state index contributed by atoms with van der Waals surface area (Å²) in [5.41, 5.74) is 0. The van der Waals surface area contributed by atoms with Crippen LogP contribution in [0.2, 0.25) is 0 Å². The molecule has 1 amide bonds. The molecular formula is C20H31NO4. The Morgan fingerprint density at radius 3 is 2.40 bits per heavy atom. The number of hydrogen-bond acceptors (Lipinski definition) is 4. The third-order valence-electron chi connectivity index (χ3n) is 3.97. The molecule has 0 heterocycles. The number of ether oxygens (including phenoxy) is 2. The molecular weight excluding hydrogens is 318 g/mol. The predicted molar refractivity (Wildman–Crippen MR) is 98.4 cm³/mol. The normalized spacial score (nSPS) is 11.9. The summed E-state index contributed by atoms with van der Waals surface area (Å²) in [6, 6.07) is 9.57. The zero-order chi connectivity index (χ0) is 18.7. The number of methoxy groups -OCH3 is 1. The van der Waals surface area contributed by atoms with Crippen molar-refractivity contribution >= 4 is 11.9 Å². The van der Waals surface area contributed by atoms with Crippen LogP contribution in [0.15, 0.2) is 30.3 Å². The summed E-state index contributed by atoms with van der Waals surface area (Å²) in [6.45, 7) is 7.61. The highest BCUT2D eigenvalue weighted by molar-refractivity contribution is 5.78. The fourth-order valence-corrected chi connectivity index (χ4v) is 2.43. The maximum Gasteiger partial charge on any atom is 0.310 e. The molecule has 0 aliphatic rings. The topological polar surface area (TPSA) is 55.8 Å². The molecule has 0 aliphatic heterocycles. The average molecular weight is 349 g/mol. The summed E-state index contributed by atoms with van der Waals surface area (Å²) in [5.74, 6) is 0.778. The standard InChI is InChI=1S/C20H31NO4/c1-16(2)12-13-21(15-17(3)20(23)24-4)19(22)11-8-14-25-18-9-6-5-7-10-18/h5-7,9-10,16-17H,8,11-15H2,1-4H3. The molecule has 0 spiro atoms. The van der Waals surface area contributed by atoms with Gasteiger partial charge in [0.15, 0.2) is 0 Å². The maximum absolute atomic E-state index is 12.5. The smallest absolute Gasteiger partial charge is 0.310 e. The van der Waals surface area contributed by atoms with E-state index in [4.69, 9.17) is 9.47 Å². The lowest BCUT2D eigenvalue weighted by atomic mass is 10.1. The molecule has 1 rings (SSSR count). The minimum absolute atomic E-state index is 0.0630. The largest absolute Gasteiger partial charge is 0.494 e. The van der Waals surface area contributed by atoms with Crippen molar-refractivity contribution in [3.8, 4) is 5.75 Å². The quantitative estimate of drug-likeness (QED) is 0.453. The van der Waals surface area contributed by atoms with Gasteiger partial charge < -0.3 is 14.4 Å². The van der Waals surface area contributed by atoms with E-state index < -0.39 is 0 Å². The molecule has 0 aromatic heterocycles. The number of nitrogens with zero attached hydrogens (tertiary/aromatic N) is 1. The molecule has 1 aromatic rings. The van der Waals surface area contributed by atoms with Gasteiger partial charge in [0.25, 0.3) is 0 Å². The lowest BCUT2D eigenvalue weighted by Crippen LogP contribution is -2.38. The van der Waals surface area contributed by atoms with Crippen molar-refractivity contribution in [3.63, 3.8) is 0 Å². The molecule has 0 bridgehead atoms. The Balaban J connectivity index is 2.46. The second-order valence-electron chi connectivity index (χ2n) is 6.71. The first kappa shape index (κ1) is 21.0. The lowest BCUT2D eigenvalue weighted by molar-refractivity contribution is -0.146. The van der Waals surface area contributed by atoms with Crippen molar-refractivity contribution in [2.75, 3.05) is 26.8 Å². The van der Waals surface area contributed by atoms with Crippen molar-refractivity contribution in [3.05, 3.63) is 30.3 Å². The van der Waals surface area contributed by atoms with Gasteiger partial charge in [-0.1, -0.05) is 39.0 Å². The number of para-hydroxylation sites is 1. The molecule has 0 saturated heterocycles. The van der Waals surface area contributed by atoms with Gasteiger partial charge in [-0.25, -0.2) is 0 Å². The average Bonchev–Trinajstić information content (AvgIpc) is 2.61. The molecule has 5 nitrogen and oxygen atoms in total. The predicted octanol–water partition coefficient (Wildman–Crippen LogP) is 3.53. The minimum atomic E-state index is -0.318. The zero-order valence-corrected chi connectivity index (χ0v) is 15.9. The van der Waals surface area contributed by atoms with Crippen LogP contribution in [0, 0.1) is 11.8 Å². The Morgan fingerprint density at radius 1 is 1.12 bits per heavy atom. The van der Waals surface area contributed by atoms with Crippen LogP contribution in [-0.2, 0) is 14.3 Å². The molecule has 0 N–H and O–H groups in total. The number of rotatable bonds is 11. The fourth-order valence-electron chi connectivity index (χ4n) is 2.43. The molecule has 1 aromatic carbocycles. The molecule has 1 atom stereocenters. The van der Waals surface area contributed by atoms with Crippen molar-refractivity contribution in [1.29, 1.82) is 0 Å². The van der Waals surface area contributed by atoms with Gasteiger partial charge in [-0.05, 0) is 30.9 Å². The van der Waals surface area contributed by atoms with Gasteiger partial charge in [0.05, 0.1) is 19.6 Å². The summed E-state index contributed by atoms with van der Waals surface area (Å²) in [4.78, 5) is 26.0. The number of benzene rings is 1. The second kappa shape index (κ2) is 11.5. The summed E-state index contributed by atoms with van der Waals surface area (Å²) in [7, 11) is 1.38. The van der Waals surface area contributed by atoms with E-state index in [9.17, 15) is 9.59 Å². The highest BCUT2D eigenvalue weighted by Crippen LogP contribution is 2.11. The van der Waals surface area contributed by atoms with Crippen molar-refractivity contribution < 1.29 is 19.1 Å². The van der Waals surface area contributed by atoms with Crippen LogP contribution >= 0.6 is 0 Å². The maximum atomic E-state index is 12.5. The van der Waals surface area contributed by atoms with E-state index in [1.807, 2.05) is 30.3 Å². The van der Waals surface area contributed by atoms with Gasteiger partial charge in [0, 0.05) is 19.5 Å². The van der Waals surface area contributed by atoms with Gasteiger partial charge in [-0.3, -0.25) is 9.59 Å². The van der Waals surface area contributed by atoms with E-state index in [1.165, 1.54) is 7.11 Å². The summed E-state index contributed by atoms with van der Waals surface area (Å²) in [5, 5.41) is 0. The molecule has 0 aliphatic carbocycles. The van der Waals surface area contributed by atoms with E-state index in [0.29, 0.717) is 38.5 Å². The molecule has 5 heteroatoms. The first-order chi connectivity index (χ1) is 11.9. The Bertz CT molecular complexity index is 516. The summed E-state index contributed by atoms with van der Waals surface area (Å²) >= 11 is 0. The molecule has 0 radical (unpaired) electrons. The molecule has 1 unspecified atom stereocenters. The van der Waals surface area contributed by atoms with Crippen LogP contribution in [0.25, 0.3) is 0 Å². The first-order valence-corrected chi connectivity index (χ1v) is 8.97. The van der Waals surface area contributed by atoms with Gasteiger partial charge in [-0.2, -0.15) is 0 Å². The third kappa shape index (κ3) is 8.57. The highest BCUT2D eigenvalue weighted by atomic mass is 16.5. The first-order valence-electron chi connectivity index (χ1n) is 8.97. The number of carbonyl (C=O) groups is 2. The Morgan fingerprint density at radius 2 is 1.80 bits per heavy atom.